The van der Waals surface area contributed by atoms with Gasteiger partial charge >= 0.3 is 6.03 Å². The molecule has 0 aliphatic carbocycles. The number of amides is 2. The van der Waals surface area contributed by atoms with Crippen LogP contribution in [0.4, 0.5) is 16.2 Å². The number of carbonyl (C=O) groups is 1. The molecule has 6 heteroatoms. The summed E-state index contributed by atoms with van der Waals surface area (Å²) in [4.78, 5) is 12.3. The minimum absolute atomic E-state index is 0.139. The molecule has 0 radical (unpaired) electrons. The quantitative estimate of drug-likeness (QED) is 0.666. The van der Waals surface area contributed by atoms with Crippen molar-refractivity contribution in [1.29, 1.82) is 0 Å². The van der Waals surface area contributed by atoms with Gasteiger partial charge in [0, 0.05) is 29.3 Å². The van der Waals surface area contributed by atoms with Crippen molar-refractivity contribution in [1.82, 2.24) is 0 Å². The van der Waals surface area contributed by atoms with Crippen LogP contribution in [-0.4, -0.2) is 25.4 Å². The lowest BCUT2D eigenvalue weighted by Crippen LogP contribution is -2.19. The van der Waals surface area contributed by atoms with Gasteiger partial charge in [0.2, 0.25) is 0 Å². The molecular weight excluding hydrogens is 320 g/mol. The number of benzene rings is 3. The van der Waals surface area contributed by atoms with Gasteiger partial charge in [0.05, 0.1) is 19.9 Å². The Morgan fingerprint density at radius 2 is 1.64 bits per heavy atom. The molecule has 3 N–H and O–H groups in total. The van der Waals surface area contributed by atoms with E-state index < -0.39 is 6.03 Å². The number of fused-ring (bicyclic) bond motifs is 1. The molecule has 3 aromatic rings. The molecule has 0 fully saturated rings. The third kappa shape index (κ3) is 3.74. The molecule has 2 amide bonds. The average molecular weight is 338 g/mol. The molecule has 0 aromatic heterocycles. The van der Waals surface area contributed by atoms with Crippen LogP contribution >= 0.6 is 0 Å². The number of phenols is 1. The van der Waals surface area contributed by atoms with Crippen LogP contribution in [0.3, 0.4) is 0 Å². The van der Waals surface area contributed by atoms with E-state index >= 15 is 0 Å². The molecule has 128 valence electrons. The predicted molar refractivity (Wildman–Crippen MR) is 97.8 cm³/mol. The fourth-order valence-electron chi connectivity index (χ4n) is 2.53. The number of anilines is 2. The first-order valence-electron chi connectivity index (χ1n) is 7.62. The molecule has 0 aliphatic rings. The summed E-state index contributed by atoms with van der Waals surface area (Å²) >= 11 is 0. The van der Waals surface area contributed by atoms with Crippen molar-refractivity contribution in [3.05, 3.63) is 54.6 Å². The highest BCUT2D eigenvalue weighted by Gasteiger charge is 2.09. The van der Waals surface area contributed by atoms with Crippen LogP contribution in [0.25, 0.3) is 10.8 Å². The van der Waals surface area contributed by atoms with Gasteiger partial charge in [0.25, 0.3) is 0 Å². The molecule has 0 saturated carbocycles. The van der Waals surface area contributed by atoms with E-state index in [1.165, 1.54) is 0 Å². The molecule has 0 atom stereocenters. The molecule has 0 heterocycles. The van der Waals surface area contributed by atoms with Crippen LogP contribution in [0, 0.1) is 0 Å². The van der Waals surface area contributed by atoms with E-state index in [2.05, 4.69) is 10.6 Å². The smallest absolute Gasteiger partial charge is 0.323 e. The minimum Gasteiger partial charge on any atom is -0.508 e. The van der Waals surface area contributed by atoms with Crippen LogP contribution in [0.5, 0.6) is 17.2 Å². The van der Waals surface area contributed by atoms with E-state index in [9.17, 15) is 9.90 Å². The zero-order valence-corrected chi connectivity index (χ0v) is 13.9. The van der Waals surface area contributed by atoms with Gasteiger partial charge in [-0.2, -0.15) is 0 Å². The largest absolute Gasteiger partial charge is 0.508 e. The molecule has 0 unspecified atom stereocenters. The lowest BCUT2D eigenvalue weighted by atomic mass is 10.1. The second-order valence-electron chi connectivity index (χ2n) is 5.39. The van der Waals surface area contributed by atoms with Gasteiger partial charge in [-0.3, -0.25) is 0 Å². The van der Waals surface area contributed by atoms with Crippen molar-refractivity contribution < 1.29 is 19.4 Å². The number of aromatic hydroxyl groups is 1. The maximum Gasteiger partial charge on any atom is 0.323 e. The van der Waals surface area contributed by atoms with Crippen LogP contribution in [0.15, 0.2) is 54.6 Å². The Morgan fingerprint density at radius 1 is 0.920 bits per heavy atom. The third-order valence-corrected chi connectivity index (χ3v) is 3.72. The SMILES string of the molecule is COc1cc(NC(=O)Nc2cccc3ccc(O)cc23)cc(OC)c1. The average Bonchev–Trinajstić information content (AvgIpc) is 2.61. The summed E-state index contributed by atoms with van der Waals surface area (Å²) in [5.74, 6) is 1.29. The first-order chi connectivity index (χ1) is 12.1. The number of phenolic OH excluding ortho intramolecular Hbond substituents is 1. The van der Waals surface area contributed by atoms with E-state index in [1.807, 2.05) is 12.1 Å². The van der Waals surface area contributed by atoms with Crippen LogP contribution < -0.4 is 20.1 Å². The first kappa shape index (κ1) is 16.4. The summed E-state index contributed by atoms with van der Waals surface area (Å²) in [7, 11) is 3.09. The van der Waals surface area contributed by atoms with Crippen molar-refractivity contribution >= 4 is 28.2 Å². The Balaban J connectivity index is 1.83. The molecule has 0 bridgehead atoms. The second kappa shape index (κ2) is 7.00. The Bertz CT molecular complexity index is 902. The normalized spacial score (nSPS) is 10.3. The topological polar surface area (TPSA) is 79.8 Å². The zero-order chi connectivity index (χ0) is 17.8. The van der Waals surface area contributed by atoms with Gasteiger partial charge in [-0.05, 0) is 23.6 Å². The van der Waals surface area contributed by atoms with E-state index in [-0.39, 0.29) is 5.75 Å². The molecule has 3 aromatic carbocycles. The first-order valence-corrected chi connectivity index (χ1v) is 7.62. The number of carbonyl (C=O) groups excluding carboxylic acids is 1. The number of rotatable bonds is 4. The van der Waals surface area contributed by atoms with Crippen molar-refractivity contribution in [2.45, 2.75) is 0 Å². The lowest BCUT2D eigenvalue weighted by Gasteiger charge is -2.12. The molecule has 0 spiro atoms. The monoisotopic (exact) mass is 338 g/mol. The van der Waals surface area contributed by atoms with Crippen LogP contribution in [0.1, 0.15) is 0 Å². The maximum atomic E-state index is 12.3. The molecule has 25 heavy (non-hydrogen) atoms. The van der Waals surface area contributed by atoms with Crippen molar-refractivity contribution in [2.24, 2.45) is 0 Å². The van der Waals surface area contributed by atoms with Gasteiger partial charge in [-0.15, -0.1) is 0 Å². The highest BCUT2D eigenvalue weighted by molar-refractivity contribution is 6.06. The van der Waals surface area contributed by atoms with E-state index in [1.54, 1.807) is 56.7 Å². The highest BCUT2D eigenvalue weighted by atomic mass is 16.5. The number of methoxy groups -OCH3 is 2. The maximum absolute atomic E-state index is 12.3. The fourth-order valence-corrected chi connectivity index (χ4v) is 2.53. The summed E-state index contributed by atoms with van der Waals surface area (Å²) < 4.78 is 10.4. The molecule has 0 saturated heterocycles. The number of ether oxygens (including phenoxy) is 2. The molecular formula is C19H18N2O4. The lowest BCUT2D eigenvalue weighted by molar-refractivity contribution is 0.262. The Morgan fingerprint density at radius 3 is 2.32 bits per heavy atom. The van der Waals surface area contributed by atoms with Gasteiger partial charge < -0.3 is 25.2 Å². The highest BCUT2D eigenvalue weighted by Crippen LogP contribution is 2.28. The number of urea groups is 1. The van der Waals surface area contributed by atoms with Gasteiger partial charge in [-0.1, -0.05) is 18.2 Å². The van der Waals surface area contributed by atoms with Gasteiger partial charge in [-0.25, -0.2) is 4.79 Å². The van der Waals surface area contributed by atoms with Crippen molar-refractivity contribution in [3.8, 4) is 17.2 Å². The van der Waals surface area contributed by atoms with Crippen LogP contribution in [0.2, 0.25) is 0 Å². The van der Waals surface area contributed by atoms with Crippen LogP contribution in [-0.2, 0) is 0 Å². The summed E-state index contributed by atoms with van der Waals surface area (Å²) in [6.45, 7) is 0. The Kier molecular flexibility index (Phi) is 4.61. The summed E-state index contributed by atoms with van der Waals surface area (Å²) in [6, 6.07) is 15.2. The molecule has 0 aliphatic heterocycles. The number of hydrogen-bond acceptors (Lipinski definition) is 4. The zero-order valence-electron chi connectivity index (χ0n) is 13.9. The summed E-state index contributed by atoms with van der Waals surface area (Å²) in [6.07, 6.45) is 0. The Labute approximate surface area is 145 Å². The van der Waals surface area contributed by atoms with Gasteiger partial charge in [0.15, 0.2) is 0 Å². The fraction of sp³-hybridized carbons (Fsp3) is 0.105. The summed E-state index contributed by atoms with van der Waals surface area (Å²) in [5, 5.41) is 16.9. The van der Waals surface area contributed by atoms with Crippen molar-refractivity contribution in [3.63, 3.8) is 0 Å². The molecule has 6 nitrogen and oxygen atoms in total. The van der Waals surface area contributed by atoms with Gasteiger partial charge in [0.1, 0.15) is 17.2 Å². The predicted octanol–water partition coefficient (Wildman–Crippen LogP) is 4.21. The minimum atomic E-state index is -0.411. The standard InChI is InChI=1S/C19H18N2O4/c1-24-15-8-13(9-16(11-15)25-2)20-19(23)21-18-5-3-4-12-6-7-14(22)10-17(12)18/h3-11,22H,1-2H3,(H2,20,21,23). The second-order valence-corrected chi connectivity index (χ2v) is 5.39. The third-order valence-electron chi connectivity index (χ3n) is 3.72. The Hall–Kier alpha value is -3.41. The van der Waals surface area contributed by atoms with E-state index in [4.69, 9.17) is 9.47 Å². The summed E-state index contributed by atoms with van der Waals surface area (Å²) in [5.41, 5.74) is 1.14. The number of nitrogens with one attached hydrogen (secondary N) is 2. The van der Waals surface area contributed by atoms with E-state index in [0.717, 1.165) is 10.8 Å². The number of hydrogen-bond donors (Lipinski definition) is 3. The van der Waals surface area contributed by atoms with E-state index in [0.29, 0.717) is 22.9 Å². The molecule has 3 rings (SSSR count). The van der Waals surface area contributed by atoms with Crippen molar-refractivity contribution in [2.75, 3.05) is 24.9 Å².